The van der Waals surface area contributed by atoms with E-state index in [0.717, 1.165) is 32.1 Å². The molecule has 0 aromatic heterocycles. The van der Waals surface area contributed by atoms with Gasteiger partial charge in [0.1, 0.15) is 0 Å². The lowest BCUT2D eigenvalue weighted by molar-refractivity contribution is 0.0735. The molecule has 1 atom stereocenters. The number of carbonyl (C=O) groups is 1. The molecule has 1 aliphatic carbocycles. The topological polar surface area (TPSA) is 57.7 Å². The summed E-state index contributed by atoms with van der Waals surface area (Å²) in [6, 6.07) is 6.79. The van der Waals surface area contributed by atoms with Crippen LogP contribution < -0.4 is 0 Å². The van der Waals surface area contributed by atoms with Gasteiger partial charge in [-0.05, 0) is 56.9 Å². The minimum atomic E-state index is -3.48. The average molecular weight is 365 g/mol. The molecule has 0 bridgehead atoms. The molecule has 0 N–H and O–H groups in total. The quantitative estimate of drug-likeness (QED) is 0.824. The average Bonchev–Trinajstić information content (AvgIpc) is 3.15. The van der Waals surface area contributed by atoms with Crippen molar-refractivity contribution in [3.05, 3.63) is 29.8 Å². The van der Waals surface area contributed by atoms with Crippen molar-refractivity contribution in [2.45, 2.75) is 68.8 Å². The zero-order valence-electron chi connectivity index (χ0n) is 15.1. The molecule has 1 aromatic rings. The van der Waals surface area contributed by atoms with Crippen LogP contribution in [-0.2, 0) is 10.0 Å². The van der Waals surface area contributed by atoms with E-state index in [1.54, 1.807) is 28.6 Å². The van der Waals surface area contributed by atoms with Gasteiger partial charge in [0.2, 0.25) is 10.0 Å². The van der Waals surface area contributed by atoms with Gasteiger partial charge < -0.3 is 4.90 Å². The lowest BCUT2D eigenvalue weighted by Gasteiger charge is -2.32. The first-order valence-electron chi connectivity index (χ1n) is 9.30. The summed E-state index contributed by atoms with van der Waals surface area (Å²) in [5.41, 5.74) is 0.556. The van der Waals surface area contributed by atoms with E-state index in [9.17, 15) is 13.2 Å². The highest BCUT2D eigenvalue weighted by atomic mass is 32.2. The maximum absolute atomic E-state index is 12.9. The second-order valence-corrected chi connectivity index (χ2v) is 9.23. The van der Waals surface area contributed by atoms with E-state index in [1.165, 1.54) is 12.8 Å². The third-order valence-corrected chi connectivity index (χ3v) is 7.67. The maximum atomic E-state index is 12.9. The summed E-state index contributed by atoms with van der Waals surface area (Å²) in [7, 11) is -1.64. The van der Waals surface area contributed by atoms with Gasteiger partial charge in [-0.2, -0.15) is 4.31 Å². The fourth-order valence-corrected chi connectivity index (χ4v) is 5.69. The van der Waals surface area contributed by atoms with Crippen LogP contribution in [0, 0.1) is 0 Å². The summed E-state index contributed by atoms with van der Waals surface area (Å²) < 4.78 is 27.3. The van der Waals surface area contributed by atoms with Crippen molar-refractivity contribution in [2.75, 3.05) is 13.6 Å². The van der Waals surface area contributed by atoms with Crippen molar-refractivity contribution in [1.29, 1.82) is 0 Å². The number of rotatable bonds is 4. The zero-order valence-corrected chi connectivity index (χ0v) is 16.0. The molecule has 2 aliphatic rings. The van der Waals surface area contributed by atoms with Crippen molar-refractivity contribution in [3.63, 3.8) is 0 Å². The highest BCUT2D eigenvalue weighted by molar-refractivity contribution is 7.89. The fraction of sp³-hybridized carbons (Fsp3) is 0.632. The van der Waals surface area contributed by atoms with Crippen molar-refractivity contribution < 1.29 is 13.2 Å². The van der Waals surface area contributed by atoms with Gasteiger partial charge in [0, 0.05) is 31.2 Å². The Morgan fingerprint density at radius 2 is 1.64 bits per heavy atom. The number of hydrogen-bond acceptors (Lipinski definition) is 3. The highest BCUT2D eigenvalue weighted by Gasteiger charge is 2.31. The Labute approximate surface area is 151 Å². The summed E-state index contributed by atoms with van der Waals surface area (Å²) in [5.74, 6) is -0.0258. The SMILES string of the molecule is CC1CCCCN1S(=O)(=O)c1ccc(C(=O)N(C)C2CCCC2)cc1. The molecule has 5 nitrogen and oxygen atoms in total. The number of carbonyl (C=O) groups excluding carboxylic acids is 1. The van der Waals surface area contributed by atoms with Crippen LogP contribution in [0.5, 0.6) is 0 Å². The van der Waals surface area contributed by atoms with Gasteiger partial charge in [-0.3, -0.25) is 4.79 Å². The summed E-state index contributed by atoms with van der Waals surface area (Å²) in [5, 5.41) is 0. The van der Waals surface area contributed by atoms with Crippen molar-refractivity contribution in [2.24, 2.45) is 0 Å². The number of nitrogens with zero attached hydrogens (tertiary/aromatic N) is 2. The Morgan fingerprint density at radius 3 is 2.24 bits per heavy atom. The molecule has 1 amide bonds. The highest BCUT2D eigenvalue weighted by Crippen LogP contribution is 2.26. The first kappa shape index (κ1) is 18.4. The number of piperidine rings is 1. The van der Waals surface area contributed by atoms with Gasteiger partial charge >= 0.3 is 0 Å². The first-order chi connectivity index (χ1) is 11.9. The third kappa shape index (κ3) is 3.75. The summed E-state index contributed by atoms with van der Waals surface area (Å²) >= 11 is 0. The van der Waals surface area contributed by atoms with E-state index in [-0.39, 0.29) is 16.8 Å². The second-order valence-electron chi connectivity index (χ2n) is 7.34. The Hall–Kier alpha value is -1.40. The molecule has 2 fully saturated rings. The molecular formula is C19H28N2O3S. The molecule has 1 unspecified atom stereocenters. The normalized spacial score (nSPS) is 22.9. The van der Waals surface area contributed by atoms with E-state index < -0.39 is 10.0 Å². The monoisotopic (exact) mass is 364 g/mol. The van der Waals surface area contributed by atoms with E-state index in [4.69, 9.17) is 0 Å². The lowest BCUT2D eigenvalue weighted by atomic mass is 10.1. The molecule has 1 heterocycles. The molecule has 1 aliphatic heterocycles. The number of sulfonamides is 1. The van der Waals surface area contributed by atoms with Crippen LogP contribution >= 0.6 is 0 Å². The van der Waals surface area contributed by atoms with Crippen LogP contribution in [0.1, 0.15) is 62.2 Å². The number of amides is 1. The van der Waals surface area contributed by atoms with Crippen LogP contribution in [0.4, 0.5) is 0 Å². The van der Waals surface area contributed by atoms with Crippen LogP contribution in [0.3, 0.4) is 0 Å². The van der Waals surface area contributed by atoms with Crippen molar-refractivity contribution >= 4 is 15.9 Å². The van der Waals surface area contributed by atoms with Gasteiger partial charge in [-0.15, -0.1) is 0 Å². The Bertz CT molecular complexity index is 709. The van der Waals surface area contributed by atoms with Gasteiger partial charge in [0.25, 0.3) is 5.91 Å². The maximum Gasteiger partial charge on any atom is 0.253 e. The first-order valence-corrected chi connectivity index (χ1v) is 10.7. The minimum Gasteiger partial charge on any atom is -0.339 e. The molecule has 6 heteroatoms. The molecule has 1 saturated carbocycles. The van der Waals surface area contributed by atoms with Crippen molar-refractivity contribution in [1.82, 2.24) is 9.21 Å². The molecule has 0 radical (unpaired) electrons. The van der Waals surface area contributed by atoms with Gasteiger partial charge in [0.05, 0.1) is 4.90 Å². The second kappa shape index (κ2) is 7.46. The van der Waals surface area contributed by atoms with Crippen LogP contribution in [0.2, 0.25) is 0 Å². The van der Waals surface area contributed by atoms with Crippen LogP contribution in [0.25, 0.3) is 0 Å². The Balaban J connectivity index is 1.76. The van der Waals surface area contributed by atoms with Gasteiger partial charge in [-0.1, -0.05) is 19.3 Å². The lowest BCUT2D eigenvalue weighted by Crippen LogP contribution is -2.41. The Kier molecular flexibility index (Phi) is 5.49. The van der Waals surface area contributed by atoms with E-state index >= 15 is 0 Å². The molecule has 25 heavy (non-hydrogen) atoms. The van der Waals surface area contributed by atoms with E-state index in [0.29, 0.717) is 18.2 Å². The molecule has 138 valence electrons. The largest absolute Gasteiger partial charge is 0.339 e. The van der Waals surface area contributed by atoms with Crippen LogP contribution in [-0.4, -0.2) is 49.2 Å². The summed E-state index contributed by atoms with van der Waals surface area (Å²) in [4.78, 5) is 14.7. The van der Waals surface area contributed by atoms with E-state index in [1.807, 2.05) is 18.9 Å². The van der Waals surface area contributed by atoms with E-state index in [2.05, 4.69) is 0 Å². The predicted octanol–water partition coefficient (Wildman–Crippen LogP) is 3.26. The van der Waals surface area contributed by atoms with Gasteiger partial charge in [0.15, 0.2) is 0 Å². The molecule has 1 aromatic carbocycles. The molecule has 3 rings (SSSR count). The predicted molar refractivity (Wildman–Crippen MR) is 98.0 cm³/mol. The van der Waals surface area contributed by atoms with Crippen molar-refractivity contribution in [3.8, 4) is 0 Å². The molecule has 0 spiro atoms. The third-order valence-electron chi connectivity index (χ3n) is 5.64. The van der Waals surface area contributed by atoms with Gasteiger partial charge in [-0.25, -0.2) is 8.42 Å². The smallest absolute Gasteiger partial charge is 0.253 e. The fourth-order valence-electron chi connectivity index (χ4n) is 3.99. The number of benzene rings is 1. The number of hydrogen-bond donors (Lipinski definition) is 0. The summed E-state index contributed by atoms with van der Waals surface area (Å²) in [6.45, 7) is 2.54. The van der Waals surface area contributed by atoms with Crippen LogP contribution in [0.15, 0.2) is 29.2 Å². The zero-order chi connectivity index (χ0) is 18.0. The Morgan fingerprint density at radius 1 is 1.04 bits per heavy atom. The summed E-state index contributed by atoms with van der Waals surface area (Å²) in [6.07, 6.45) is 7.35. The molecular weight excluding hydrogens is 336 g/mol. The standard InChI is InChI=1S/C19H28N2O3S/c1-15-7-5-6-14-21(15)25(23,24)18-12-10-16(11-13-18)19(22)20(2)17-8-3-4-9-17/h10-13,15,17H,3-9,14H2,1-2H3. The minimum absolute atomic E-state index is 0.0258. The molecule has 1 saturated heterocycles.